The maximum atomic E-state index is 12.7. The molecule has 0 aromatic heterocycles. The summed E-state index contributed by atoms with van der Waals surface area (Å²) in [5.41, 5.74) is 1.92. The van der Waals surface area contributed by atoms with Crippen LogP contribution in [0.3, 0.4) is 0 Å². The Hall–Kier alpha value is -2.94. The van der Waals surface area contributed by atoms with Crippen LogP contribution in [0.2, 0.25) is 0 Å². The molecule has 1 aromatic rings. The van der Waals surface area contributed by atoms with Gasteiger partial charge in [-0.05, 0) is 30.2 Å². The average molecular weight is 389 g/mol. The van der Waals surface area contributed by atoms with Gasteiger partial charge in [-0.15, -0.1) is 4.40 Å². The second-order valence-corrected chi connectivity index (χ2v) is 8.08. The van der Waals surface area contributed by atoms with Crippen molar-refractivity contribution >= 4 is 27.7 Å². The van der Waals surface area contributed by atoms with Crippen molar-refractivity contribution in [2.45, 2.75) is 19.4 Å². The molecule has 2 heterocycles. The molecule has 0 fully saturated rings. The van der Waals surface area contributed by atoms with E-state index < -0.39 is 27.9 Å². The van der Waals surface area contributed by atoms with Crippen LogP contribution in [-0.2, 0) is 19.6 Å². The highest BCUT2D eigenvalue weighted by molar-refractivity contribution is 7.90. The summed E-state index contributed by atoms with van der Waals surface area (Å²) in [5.74, 6) is -1.32. The number of sulfonamides is 1. The van der Waals surface area contributed by atoms with Gasteiger partial charge in [0.2, 0.25) is 0 Å². The van der Waals surface area contributed by atoms with Crippen LogP contribution >= 0.6 is 0 Å². The molecule has 9 heteroatoms. The summed E-state index contributed by atoms with van der Waals surface area (Å²) in [6.07, 6.45) is 4.22. The normalized spacial score (nSPS) is 18.8. The fraction of sp³-hybridized carbons (Fsp3) is 0.278. The number of rotatable bonds is 5. The number of hydrogen-bond donors (Lipinski definition) is 2. The molecule has 0 saturated carbocycles. The SMILES string of the molecule is Cc1ccccc1C(CC(=O)O)NC(=O)C1=CN2CCS(=O)(=O)N=C2C=C1. The van der Waals surface area contributed by atoms with E-state index in [0.29, 0.717) is 5.57 Å². The summed E-state index contributed by atoms with van der Waals surface area (Å²) in [6.45, 7) is 2.06. The van der Waals surface area contributed by atoms with Crippen LogP contribution in [0.25, 0.3) is 0 Å². The van der Waals surface area contributed by atoms with Crippen LogP contribution in [-0.4, -0.2) is 48.4 Å². The minimum Gasteiger partial charge on any atom is -0.481 e. The number of carboxylic acid groups (broad SMARTS) is 1. The van der Waals surface area contributed by atoms with E-state index in [1.807, 2.05) is 19.1 Å². The highest BCUT2D eigenvalue weighted by Gasteiger charge is 2.26. The smallest absolute Gasteiger partial charge is 0.305 e. The van der Waals surface area contributed by atoms with E-state index in [0.717, 1.165) is 11.1 Å². The van der Waals surface area contributed by atoms with Crippen molar-refractivity contribution < 1.29 is 23.1 Å². The van der Waals surface area contributed by atoms with Crippen LogP contribution < -0.4 is 5.32 Å². The third-order valence-electron chi connectivity index (χ3n) is 4.33. The molecule has 1 atom stereocenters. The second-order valence-electron chi connectivity index (χ2n) is 6.33. The molecular weight excluding hydrogens is 370 g/mol. The molecule has 142 valence electrons. The van der Waals surface area contributed by atoms with Crippen molar-refractivity contribution in [1.82, 2.24) is 10.2 Å². The Balaban J connectivity index is 1.81. The number of aryl methyl sites for hydroxylation is 1. The lowest BCUT2D eigenvalue weighted by atomic mass is 9.98. The first-order valence-electron chi connectivity index (χ1n) is 8.32. The van der Waals surface area contributed by atoms with Gasteiger partial charge < -0.3 is 15.3 Å². The maximum absolute atomic E-state index is 12.7. The molecule has 2 aliphatic rings. The Labute approximate surface area is 157 Å². The standard InChI is InChI=1S/C18H19N3O5S/c1-12-4-2-3-5-14(12)15(10-17(22)23)19-18(24)13-6-7-16-20-27(25,26)9-8-21(16)11-13/h2-7,11,15H,8-10H2,1H3,(H,19,24)(H,22,23). The summed E-state index contributed by atoms with van der Waals surface area (Å²) in [7, 11) is -3.46. The van der Waals surface area contributed by atoms with Crippen molar-refractivity contribution in [3.8, 4) is 0 Å². The fourth-order valence-electron chi connectivity index (χ4n) is 2.97. The molecule has 0 spiro atoms. The summed E-state index contributed by atoms with van der Waals surface area (Å²) in [5, 5.41) is 12.0. The zero-order valence-corrected chi connectivity index (χ0v) is 15.4. The average Bonchev–Trinajstić information content (AvgIpc) is 2.60. The Morgan fingerprint density at radius 3 is 2.74 bits per heavy atom. The highest BCUT2D eigenvalue weighted by atomic mass is 32.2. The number of nitrogens with zero attached hydrogens (tertiary/aromatic N) is 2. The monoisotopic (exact) mass is 389 g/mol. The van der Waals surface area contributed by atoms with Crippen LogP contribution in [0.5, 0.6) is 0 Å². The van der Waals surface area contributed by atoms with E-state index in [-0.39, 0.29) is 24.6 Å². The molecule has 0 radical (unpaired) electrons. The van der Waals surface area contributed by atoms with Gasteiger partial charge in [0, 0.05) is 12.7 Å². The van der Waals surface area contributed by atoms with Gasteiger partial charge in [-0.25, -0.2) is 8.42 Å². The van der Waals surface area contributed by atoms with E-state index >= 15 is 0 Å². The minimum absolute atomic E-state index is 0.124. The molecule has 2 N–H and O–H groups in total. The van der Waals surface area contributed by atoms with Gasteiger partial charge in [0.05, 0.1) is 23.8 Å². The molecule has 27 heavy (non-hydrogen) atoms. The van der Waals surface area contributed by atoms with Crippen LogP contribution in [0.4, 0.5) is 0 Å². The van der Waals surface area contributed by atoms with Crippen LogP contribution in [0.15, 0.2) is 52.6 Å². The van der Waals surface area contributed by atoms with E-state index in [9.17, 15) is 23.1 Å². The largest absolute Gasteiger partial charge is 0.481 e. The van der Waals surface area contributed by atoms with Crippen molar-refractivity contribution in [3.05, 3.63) is 59.3 Å². The predicted molar refractivity (Wildman–Crippen MR) is 99.5 cm³/mol. The Morgan fingerprint density at radius 1 is 1.30 bits per heavy atom. The minimum atomic E-state index is -3.46. The van der Waals surface area contributed by atoms with Gasteiger partial charge in [-0.1, -0.05) is 24.3 Å². The molecule has 1 amide bonds. The quantitative estimate of drug-likeness (QED) is 0.780. The first-order chi connectivity index (χ1) is 12.7. The van der Waals surface area contributed by atoms with Gasteiger partial charge in [-0.3, -0.25) is 9.59 Å². The van der Waals surface area contributed by atoms with E-state index in [2.05, 4.69) is 9.71 Å². The number of hydrogen-bond acceptors (Lipinski definition) is 5. The van der Waals surface area contributed by atoms with E-state index in [1.165, 1.54) is 18.4 Å². The topological polar surface area (TPSA) is 116 Å². The van der Waals surface area contributed by atoms with Gasteiger partial charge >= 0.3 is 5.97 Å². The van der Waals surface area contributed by atoms with E-state index in [1.54, 1.807) is 17.0 Å². The zero-order chi connectivity index (χ0) is 19.6. The molecule has 3 rings (SSSR count). The fourth-order valence-corrected chi connectivity index (χ4v) is 3.94. The summed E-state index contributed by atoms with van der Waals surface area (Å²) < 4.78 is 26.8. The molecule has 8 nitrogen and oxygen atoms in total. The first-order valence-corrected chi connectivity index (χ1v) is 9.93. The third-order valence-corrected chi connectivity index (χ3v) is 5.50. The van der Waals surface area contributed by atoms with Crippen molar-refractivity contribution in [2.24, 2.45) is 4.40 Å². The number of carbonyl (C=O) groups is 2. The Bertz CT molecular complexity index is 978. The molecule has 0 saturated heterocycles. The summed E-state index contributed by atoms with van der Waals surface area (Å²) >= 11 is 0. The maximum Gasteiger partial charge on any atom is 0.305 e. The lowest BCUT2D eigenvalue weighted by Gasteiger charge is -2.27. The number of amidine groups is 1. The first kappa shape index (κ1) is 18.8. The van der Waals surface area contributed by atoms with Gasteiger partial charge in [0.25, 0.3) is 15.9 Å². The second kappa shape index (κ2) is 7.36. The molecule has 0 bridgehead atoms. The number of aliphatic carboxylic acids is 1. The highest BCUT2D eigenvalue weighted by Crippen LogP contribution is 2.22. The zero-order valence-electron chi connectivity index (χ0n) is 14.6. The molecule has 1 unspecified atom stereocenters. The number of carboxylic acids is 1. The van der Waals surface area contributed by atoms with Gasteiger partial charge in [0.15, 0.2) is 0 Å². The molecular formula is C18H19N3O5S. The lowest BCUT2D eigenvalue weighted by Crippen LogP contribution is -2.38. The van der Waals surface area contributed by atoms with E-state index in [4.69, 9.17) is 0 Å². The number of benzene rings is 1. The molecule has 2 aliphatic heterocycles. The lowest BCUT2D eigenvalue weighted by molar-refractivity contribution is -0.137. The van der Waals surface area contributed by atoms with Gasteiger partial charge in [-0.2, -0.15) is 0 Å². The number of carbonyl (C=O) groups excluding carboxylic acids is 1. The van der Waals surface area contributed by atoms with Crippen molar-refractivity contribution in [1.29, 1.82) is 0 Å². The third kappa shape index (κ3) is 4.43. The van der Waals surface area contributed by atoms with Gasteiger partial charge in [0.1, 0.15) is 5.84 Å². The predicted octanol–water partition coefficient (Wildman–Crippen LogP) is 1.12. The number of amides is 1. The van der Waals surface area contributed by atoms with Crippen molar-refractivity contribution in [3.63, 3.8) is 0 Å². The molecule has 0 aliphatic carbocycles. The Morgan fingerprint density at radius 2 is 2.04 bits per heavy atom. The Kier molecular flexibility index (Phi) is 5.13. The van der Waals surface area contributed by atoms with Crippen LogP contribution in [0, 0.1) is 6.92 Å². The molecule has 1 aromatic carbocycles. The number of nitrogens with one attached hydrogen (secondary N) is 1. The number of fused-ring (bicyclic) bond motifs is 1. The van der Waals surface area contributed by atoms with Crippen LogP contribution in [0.1, 0.15) is 23.6 Å². The summed E-state index contributed by atoms with van der Waals surface area (Å²) in [6, 6.07) is 6.60. The van der Waals surface area contributed by atoms with Crippen molar-refractivity contribution in [2.75, 3.05) is 12.3 Å². The summed E-state index contributed by atoms with van der Waals surface area (Å²) in [4.78, 5) is 25.5.